The molecule has 0 unspecified atom stereocenters. The summed E-state index contributed by atoms with van der Waals surface area (Å²) in [5, 5.41) is 4.99. The number of fused-ring (bicyclic) bond motifs is 1. The molecule has 1 aromatic heterocycles. The zero-order valence-corrected chi connectivity index (χ0v) is 15.6. The highest BCUT2D eigenvalue weighted by Crippen LogP contribution is 2.26. The molecule has 3 aromatic rings. The van der Waals surface area contributed by atoms with Crippen LogP contribution >= 0.6 is 0 Å². The highest BCUT2D eigenvalue weighted by molar-refractivity contribution is 5.85. The Kier molecular flexibility index (Phi) is 6.38. The minimum atomic E-state index is -2.80. The lowest BCUT2D eigenvalue weighted by molar-refractivity contribution is -0.127. The zero-order chi connectivity index (χ0) is 20.8. The summed E-state index contributed by atoms with van der Waals surface area (Å²) in [6, 6.07) is 14.5. The van der Waals surface area contributed by atoms with E-state index in [0.29, 0.717) is 11.3 Å². The minimum absolute atomic E-state index is 0.0355. The first-order valence-electron chi connectivity index (χ1n) is 8.94. The number of hydrogen-bond donors (Lipinski definition) is 2. The number of halogens is 2. The number of carbonyl (C=O) groups excluding carboxylic acids is 2. The van der Waals surface area contributed by atoms with Crippen LogP contribution < -0.4 is 15.4 Å². The Morgan fingerprint density at radius 2 is 1.76 bits per heavy atom. The van der Waals surface area contributed by atoms with E-state index in [1.54, 1.807) is 55.5 Å². The molecule has 9 heteroatoms. The average Bonchev–Trinajstić information content (AvgIpc) is 3.11. The number of aromatic nitrogens is 2. The summed E-state index contributed by atoms with van der Waals surface area (Å²) in [5.41, 5.74) is 0.695. The molecule has 0 spiro atoms. The van der Waals surface area contributed by atoms with Gasteiger partial charge >= 0.3 is 6.55 Å². The van der Waals surface area contributed by atoms with E-state index in [1.807, 2.05) is 6.07 Å². The predicted octanol–water partition coefficient (Wildman–Crippen LogP) is 2.80. The van der Waals surface area contributed by atoms with Crippen molar-refractivity contribution in [2.45, 2.75) is 19.5 Å². The molecule has 0 aliphatic heterocycles. The summed E-state index contributed by atoms with van der Waals surface area (Å²) in [4.78, 5) is 28.1. The Morgan fingerprint density at radius 3 is 2.48 bits per heavy atom. The third kappa shape index (κ3) is 5.07. The van der Waals surface area contributed by atoms with Gasteiger partial charge in [0.25, 0.3) is 5.91 Å². The van der Waals surface area contributed by atoms with Crippen molar-refractivity contribution < 1.29 is 23.1 Å². The number of hydrogen-bond acceptors (Lipinski definition) is 4. The standard InChI is InChI=1S/C20H20F2N4O3/c1-13(19-25-15-9-5-6-10-16(15)26(19)20(21)22)24-17(27)11-23-18(28)12-29-14-7-3-2-4-8-14/h2-10,13,20H,11-12H2,1H3,(H,23,28)(H,24,27)/t13-/m0/s1. The van der Waals surface area contributed by atoms with Gasteiger partial charge in [0.1, 0.15) is 11.6 Å². The quantitative estimate of drug-likeness (QED) is 0.607. The smallest absolute Gasteiger partial charge is 0.320 e. The third-order valence-electron chi connectivity index (χ3n) is 4.14. The Balaban J connectivity index is 1.55. The molecule has 3 rings (SSSR count). The molecule has 29 heavy (non-hydrogen) atoms. The number of nitrogens with zero attached hydrogens (tertiary/aromatic N) is 2. The van der Waals surface area contributed by atoms with Crippen LogP contribution in [0.1, 0.15) is 25.3 Å². The van der Waals surface area contributed by atoms with Crippen LogP contribution in [0.3, 0.4) is 0 Å². The summed E-state index contributed by atoms with van der Waals surface area (Å²) in [6.07, 6.45) is 0. The van der Waals surface area contributed by atoms with Crippen molar-refractivity contribution in [2.24, 2.45) is 0 Å². The second-order valence-electron chi connectivity index (χ2n) is 6.27. The van der Waals surface area contributed by atoms with E-state index < -0.39 is 24.4 Å². The number of imidazole rings is 1. The van der Waals surface area contributed by atoms with Gasteiger partial charge in [-0.2, -0.15) is 8.78 Å². The molecule has 0 aliphatic carbocycles. The first-order valence-corrected chi connectivity index (χ1v) is 8.94. The lowest BCUT2D eigenvalue weighted by Crippen LogP contribution is -2.40. The average molecular weight is 402 g/mol. The van der Waals surface area contributed by atoms with E-state index in [9.17, 15) is 18.4 Å². The van der Waals surface area contributed by atoms with Crippen LogP contribution in [0.25, 0.3) is 11.0 Å². The largest absolute Gasteiger partial charge is 0.484 e. The summed E-state index contributed by atoms with van der Waals surface area (Å²) in [7, 11) is 0. The highest BCUT2D eigenvalue weighted by Gasteiger charge is 2.22. The monoisotopic (exact) mass is 402 g/mol. The Hall–Kier alpha value is -3.49. The van der Waals surface area contributed by atoms with Gasteiger partial charge < -0.3 is 15.4 Å². The molecule has 0 saturated heterocycles. The van der Waals surface area contributed by atoms with E-state index in [-0.39, 0.29) is 24.5 Å². The highest BCUT2D eigenvalue weighted by atomic mass is 19.3. The number of rotatable bonds is 8. The topological polar surface area (TPSA) is 85.2 Å². The van der Waals surface area contributed by atoms with Gasteiger partial charge in [0.05, 0.1) is 23.6 Å². The molecule has 2 amide bonds. The van der Waals surface area contributed by atoms with Crippen molar-refractivity contribution in [3.05, 3.63) is 60.4 Å². The van der Waals surface area contributed by atoms with Crippen molar-refractivity contribution in [2.75, 3.05) is 13.2 Å². The molecule has 0 bridgehead atoms. The van der Waals surface area contributed by atoms with Crippen LogP contribution in [0, 0.1) is 0 Å². The summed E-state index contributed by atoms with van der Waals surface area (Å²) < 4.78 is 33.1. The number of carbonyl (C=O) groups is 2. The summed E-state index contributed by atoms with van der Waals surface area (Å²) in [5.74, 6) is -0.435. The Morgan fingerprint density at radius 1 is 1.07 bits per heavy atom. The van der Waals surface area contributed by atoms with E-state index in [2.05, 4.69) is 15.6 Å². The summed E-state index contributed by atoms with van der Waals surface area (Å²) >= 11 is 0. The molecule has 0 saturated carbocycles. The van der Waals surface area contributed by atoms with Crippen LogP contribution in [-0.2, 0) is 9.59 Å². The maximum atomic E-state index is 13.5. The molecule has 0 fully saturated rings. The van der Waals surface area contributed by atoms with Crippen LogP contribution in [0.5, 0.6) is 5.75 Å². The van der Waals surface area contributed by atoms with Crippen molar-refractivity contribution in [1.82, 2.24) is 20.2 Å². The number of amides is 2. The maximum Gasteiger partial charge on any atom is 0.320 e. The molecule has 1 atom stereocenters. The fourth-order valence-electron chi connectivity index (χ4n) is 2.83. The lowest BCUT2D eigenvalue weighted by Gasteiger charge is -2.16. The number of nitrogens with one attached hydrogen (secondary N) is 2. The number of benzene rings is 2. The van der Waals surface area contributed by atoms with E-state index in [1.165, 1.54) is 0 Å². The molecular weight excluding hydrogens is 382 g/mol. The van der Waals surface area contributed by atoms with Crippen LogP contribution in [0.2, 0.25) is 0 Å². The minimum Gasteiger partial charge on any atom is -0.484 e. The lowest BCUT2D eigenvalue weighted by atomic mass is 10.3. The van der Waals surface area contributed by atoms with Gasteiger partial charge in [0, 0.05) is 0 Å². The summed E-state index contributed by atoms with van der Waals surface area (Å²) in [6.45, 7) is -1.80. The number of alkyl halides is 2. The van der Waals surface area contributed by atoms with E-state index in [0.717, 1.165) is 4.57 Å². The van der Waals surface area contributed by atoms with Crippen LogP contribution in [0.15, 0.2) is 54.6 Å². The van der Waals surface area contributed by atoms with Gasteiger partial charge in [0.15, 0.2) is 6.61 Å². The van der Waals surface area contributed by atoms with Gasteiger partial charge in [-0.15, -0.1) is 0 Å². The third-order valence-corrected chi connectivity index (χ3v) is 4.14. The Labute approximate surface area is 165 Å². The normalized spacial score (nSPS) is 12.0. The molecule has 1 heterocycles. The maximum absolute atomic E-state index is 13.5. The van der Waals surface area contributed by atoms with Crippen molar-refractivity contribution in [1.29, 1.82) is 0 Å². The molecule has 7 nitrogen and oxygen atoms in total. The molecule has 0 aliphatic rings. The van der Waals surface area contributed by atoms with Crippen LogP contribution in [-0.4, -0.2) is 34.5 Å². The van der Waals surface area contributed by atoms with E-state index >= 15 is 0 Å². The Bertz CT molecular complexity index is 992. The van der Waals surface area contributed by atoms with Crippen molar-refractivity contribution in [3.8, 4) is 5.75 Å². The SMILES string of the molecule is C[C@H](NC(=O)CNC(=O)COc1ccccc1)c1nc2ccccc2n1C(F)F. The van der Waals surface area contributed by atoms with Crippen LogP contribution in [0.4, 0.5) is 8.78 Å². The predicted molar refractivity (Wildman–Crippen MR) is 102 cm³/mol. The second kappa shape index (κ2) is 9.13. The van der Waals surface area contributed by atoms with Gasteiger partial charge in [-0.05, 0) is 31.2 Å². The zero-order valence-electron chi connectivity index (χ0n) is 15.6. The second-order valence-corrected chi connectivity index (χ2v) is 6.27. The fraction of sp³-hybridized carbons (Fsp3) is 0.250. The molecule has 152 valence electrons. The molecule has 0 radical (unpaired) electrons. The molecule has 2 N–H and O–H groups in total. The van der Waals surface area contributed by atoms with Gasteiger partial charge in [0.2, 0.25) is 5.91 Å². The van der Waals surface area contributed by atoms with Gasteiger partial charge in [-0.3, -0.25) is 14.2 Å². The fourth-order valence-corrected chi connectivity index (χ4v) is 2.83. The van der Waals surface area contributed by atoms with Gasteiger partial charge in [-0.1, -0.05) is 30.3 Å². The number of para-hydroxylation sites is 3. The van der Waals surface area contributed by atoms with Crippen molar-refractivity contribution >= 4 is 22.8 Å². The number of ether oxygens (including phenoxy) is 1. The molecular formula is C20H20F2N4O3. The van der Waals surface area contributed by atoms with Gasteiger partial charge in [-0.25, -0.2) is 4.98 Å². The molecule has 2 aromatic carbocycles. The van der Waals surface area contributed by atoms with E-state index in [4.69, 9.17) is 4.74 Å². The first-order chi connectivity index (χ1) is 14.0. The first kappa shape index (κ1) is 20.2. The van der Waals surface area contributed by atoms with Crippen molar-refractivity contribution in [3.63, 3.8) is 0 Å².